The fourth-order valence-corrected chi connectivity index (χ4v) is 4.96. The predicted octanol–water partition coefficient (Wildman–Crippen LogP) is 5.11. The third-order valence-electron chi connectivity index (χ3n) is 5.95. The topological polar surface area (TPSA) is 92.3 Å². The van der Waals surface area contributed by atoms with Gasteiger partial charge in [0.15, 0.2) is 5.84 Å². The number of rotatable bonds is 6. The Hall–Kier alpha value is -4.11. The number of thioether (sulfide) groups is 1. The number of amides is 1. The Bertz CT molecular complexity index is 1470. The maximum atomic E-state index is 12.9. The van der Waals surface area contributed by atoms with Gasteiger partial charge >= 0.3 is 0 Å². The van der Waals surface area contributed by atoms with Crippen molar-refractivity contribution in [3.63, 3.8) is 0 Å². The summed E-state index contributed by atoms with van der Waals surface area (Å²) in [5.74, 6) is 1.07. The Kier molecular flexibility index (Phi) is 6.24. The van der Waals surface area contributed by atoms with Gasteiger partial charge in [0.05, 0.1) is 12.7 Å². The molecule has 0 radical (unpaired) electrons. The van der Waals surface area contributed by atoms with Crippen LogP contribution in [0, 0.1) is 26.2 Å². The van der Waals surface area contributed by atoms with Gasteiger partial charge in [0.25, 0.3) is 5.91 Å². The van der Waals surface area contributed by atoms with Crippen LogP contribution in [0.2, 0.25) is 0 Å². The first-order valence-corrected chi connectivity index (χ1v) is 12.2. The highest BCUT2D eigenvalue weighted by atomic mass is 32.2. The standard InChI is InChI=1S/C27H25N5O3S/c1-16-6-5-7-22(12-16)35-15-24-30-32-25(28)23(26(33)29-27(32)36-24)14-19-13-17(2)31(18(19)3)20-8-10-21(34-4)11-9-20/h5-14,28H,15H2,1-4H3/b23-14+,28-25?. The normalized spacial score (nSPS) is 16.2. The molecule has 5 rings (SSSR count). The van der Waals surface area contributed by atoms with Gasteiger partial charge in [-0.3, -0.25) is 10.2 Å². The lowest BCUT2D eigenvalue weighted by atomic mass is 10.1. The Morgan fingerprint density at radius 1 is 1.06 bits per heavy atom. The van der Waals surface area contributed by atoms with E-state index in [4.69, 9.17) is 14.9 Å². The van der Waals surface area contributed by atoms with E-state index in [2.05, 4.69) is 14.7 Å². The molecule has 0 unspecified atom stereocenters. The lowest BCUT2D eigenvalue weighted by Crippen LogP contribution is -2.35. The number of hydrogen-bond donors (Lipinski definition) is 1. The minimum absolute atomic E-state index is 0.00249. The first-order chi connectivity index (χ1) is 17.3. The first-order valence-electron chi connectivity index (χ1n) is 11.4. The minimum atomic E-state index is -0.455. The zero-order chi connectivity index (χ0) is 25.4. The SMILES string of the molecule is COc1ccc(-n2c(C)cc(/C=C3\C(=N)N4N=C(COc5cccc(C)c5)SC4=NC3=O)c2C)cc1. The maximum Gasteiger partial charge on any atom is 0.283 e. The summed E-state index contributed by atoms with van der Waals surface area (Å²) in [6.07, 6.45) is 1.72. The summed E-state index contributed by atoms with van der Waals surface area (Å²) in [5.41, 5.74) is 5.08. The van der Waals surface area contributed by atoms with Crippen molar-refractivity contribution in [3.8, 4) is 17.2 Å². The van der Waals surface area contributed by atoms with Gasteiger partial charge in [0.2, 0.25) is 5.17 Å². The van der Waals surface area contributed by atoms with Gasteiger partial charge in [0.1, 0.15) is 23.1 Å². The van der Waals surface area contributed by atoms with Gasteiger partial charge in [0, 0.05) is 17.1 Å². The van der Waals surface area contributed by atoms with Crippen molar-refractivity contribution >= 4 is 39.8 Å². The highest BCUT2D eigenvalue weighted by Crippen LogP contribution is 2.30. The number of fused-ring (bicyclic) bond motifs is 1. The summed E-state index contributed by atoms with van der Waals surface area (Å²) in [7, 11) is 1.64. The molecule has 0 saturated heterocycles. The smallest absolute Gasteiger partial charge is 0.283 e. The van der Waals surface area contributed by atoms with Crippen molar-refractivity contribution in [2.75, 3.05) is 13.7 Å². The number of hydrogen-bond acceptors (Lipinski definition) is 6. The van der Waals surface area contributed by atoms with E-state index >= 15 is 0 Å². The molecule has 1 N–H and O–H groups in total. The Morgan fingerprint density at radius 2 is 1.83 bits per heavy atom. The third-order valence-corrected chi connectivity index (χ3v) is 6.83. The number of amidine groups is 2. The molecule has 1 amide bonds. The van der Waals surface area contributed by atoms with E-state index in [9.17, 15) is 4.79 Å². The molecule has 0 aliphatic carbocycles. The number of aromatic nitrogens is 1. The van der Waals surface area contributed by atoms with Crippen LogP contribution in [-0.2, 0) is 4.79 Å². The Balaban J connectivity index is 1.39. The molecule has 182 valence electrons. The van der Waals surface area contributed by atoms with Crippen molar-refractivity contribution < 1.29 is 14.3 Å². The van der Waals surface area contributed by atoms with Gasteiger partial charge in [-0.05, 0) is 92.2 Å². The molecule has 0 spiro atoms. The van der Waals surface area contributed by atoms with Crippen molar-refractivity contribution in [2.24, 2.45) is 10.1 Å². The van der Waals surface area contributed by atoms with Crippen LogP contribution < -0.4 is 9.47 Å². The highest BCUT2D eigenvalue weighted by Gasteiger charge is 2.36. The number of aliphatic imine (C=N–C) groups is 1. The van der Waals surface area contributed by atoms with Gasteiger partial charge in [-0.15, -0.1) is 0 Å². The number of carbonyl (C=O) groups is 1. The molecule has 36 heavy (non-hydrogen) atoms. The van der Waals surface area contributed by atoms with Crippen LogP contribution in [0.15, 0.2) is 70.3 Å². The molecule has 8 nitrogen and oxygen atoms in total. The molecule has 0 atom stereocenters. The van der Waals surface area contributed by atoms with Gasteiger partial charge < -0.3 is 14.0 Å². The molecule has 2 aromatic carbocycles. The van der Waals surface area contributed by atoms with Crippen LogP contribution in [0.25, 0.3) is 11.8 Å². The van der Waals surface area contributed by atoms with E-state index in [1.165, 1.54) is 16.8 Å². The summed E-state index contributed by atoms with van der Waals surface area (Å²) >= 11 is 1.24. The lowest BCUT2D eigenvalue weighted by molar-refractivity contribution is -0.114. The van der Waals surface area contributed by atoms with Crippen LogP contribution in [-0.4, -0.2) is 45.2 Å². The summed E-state index contributed by atoms with van der Waals surface area (Å²) in [6.45, 7) is 6.22. The van der Waals surface area contributed by atoms with E-state index in [0.717, 1.165) is 39.7 Å². The zero-order valence-corrected chi connectivity index (χ0v) is 21.2. The summed E-state index contributed by atoms with van der Waals surface area (Å²) < 4.78 is 13.2. The van der Waals surface area contributed by atoms with E-state index in [1.54, 1.807) is 13.2 Å². The molecule has 1 aromatic heterocycles. The lowest BCUT2D eigenvalue weighted by Gasteiger charge is -2.20. The maximum absolute atomic E-state index is 12.9. The molecular weight excluding hydrogens is 474 g/mol. The van der Waals surface area contributed by atoms with Gasteiger partial charge in [-0.25, -0.2) is 0 Å². The summed E-state index contributed by atoms with van der Waals surface area (Å²) in [6, 6.07) is 17.5. The van der Waals surface area contributed by atoms with Crippen LogP contribution >= 0.6 is 11.8 Å². The number of nitrogens with zero attached hydrogens (tertiary/aromatic N) is 4. The average Bonchev–Trinajstić information content (AvgIpc) is 3.40. The van der Waals surface area contributed by atoms with Crippen molar-refractivity contribution in [1.29, 1.82) is 5.41 Å². The predicted molar refractivity (Wildman–Crippen MR) is 143 cm³/mol. The first kappa shape index (κ1) is 23.6. The van der Waals surface area contributed by atoms with Crippen LogP contribution in [0.5, 0.6) is 11.5 Å². The summed E-state index contributed by atoms with van der Waals surface area (Å²) in [5, 5.41) is 15.6. The molecule has 0 fully saturated rings. The number of carbonyl (C=O) groups excluding carboxylic acids is 1. The molecule has 0 bridgehead atoms. The van der Waals surface area contributed by atoms with Gasteiger partial charge in [-0.2, -0.15) is 15.1 Å². The van der Waals surface area contributed by atoms with E-state index in [-0.39, 0.29) is 18.0 Å². The van der Waals surface area contributed by atoms with E-state index in [1.807, 2.05) is 75.4 Å². The quantitative estimate of drug-likeness (QED) is 0.476. The molecule has 3 aromatic rings. The number of methoxy groups -OCH3 is 1. The number of aryl methyl sites for hydroxylation is 2. The van der Waals surface area contributed by atoms with Crippen molar-refractivity contribution in [2.45, 2.75) is 20.8 Å². The van der Waals surface area contributed by atoms with Crippen molar-refractivity contribution in [1.82, 2.24) is 9.58 Å². The molecule has 2 aliphatic heterocycles. The fourth-order valence-electron chi connectivity index (χ4n) is 4.16. The number of benzene rings is 2. The number of nitrogens with one attached hydrogen (secondary N) is 1. The average molecular weight is 500 g/mol. The zero-order valence-electron chi connectivity index (χ0n) is 20.4. The van der Waals surface area contributed by atoms with Crippen LogP contribution in [0.1, 0.15) is 22.5 Å². The number of hydrazone groups is 1. The molecule has 3 heterocycles. The minimum Gasteiger partial charge on any atom is -0.497 e. The van der Waals surface area contributed by atoms with Crippen LogP contribution in [0.3, 0.4) is 0 Å². The van der Waals surface area contributed by atoms with E-state index < -0.39 is 5.91 Å². The molecule has 2 aliphatic rings. The van der Waals surface area contributed by atoms with Crippen molar-refractivity contribution in [3.05, 3.63) is 82.7 Å². The highest BCUT2D eigenvalue weighted by molar-refractivity contribution is 8.27. The second kappa shape index (κ2) is 9.50. The molecular formula is C27H25N5O3S. The third kappa shape index (κ3) is 4.45. The van der Waals surface area contributed by atoms with Crippen LogP contribution in [0.4, 0.5) is 0 Å². The Labute approximate surface area is 213 Å². The monoisotopic (exact) mass is 499 g/mol. The molecule has 0 saturated carbocycles. The second-order valence-electron chi connectivity index (χ2n) is 8.48. The summed E-state index contributed by atoms with van der Waals surface area (Å²) in [4.78, 5) is 17.1. The number of ether oxygens (including phenoxy) is 2. The van der Waals surface area contributed by atoms with Gasteiger partial charge in [-0.1, -0.05) is 12.1 Å². The Morgan fingerprint density at radius 3 is 2.56 bits per heavy atom. The second-order valence-corrected chi connectivity index (χ2v) is 9.52. The molecule has 9 heteroatoms. The van der Waals surface area contributed by atoms with E-state index in [0.29, 0.717) is 10.2 Å². The largest absolute Gasteiger partial charge is 0.497 e. The fraction of sp³-hybridized carbons (Fsp3) is 0.185.